The van der Waals surface area contributed by atoms with Crippen molar-refractivity contribution in [1.29, 1.82) is 0 Å². The van der Waals surface area contributed by atoms with Gasteiger partial charge in [0, 0.05) is 0 Å². The van der Waals surface area contributed by atoms with Gasteiger partial charge in [0.05, 0.1) is 8.80 Å². The Balaban J connectivity index is 0. The molecule has 0 unspecified atom stereocenters. The number of benzene rings is 2. The Kier molecular flexibility index (Phi) is 16.3. The van der Waals surface area contributed by atoms with Crippen molar-refractivity contribution in [1.82, 2.24) is 0 Å². The van der Waals surface area contributed by atoms with E-state index in [1.165, 1.54) is 36.4 Å². The first kappa shape index (κ1) is 31.8. The maximum absolute atomic E-state index is 2.34. The Morgan fingerprint density at radius 2 is 1.20 bits per heavy atom. The van der Waals surface area contributed by atoms with Crippen LogP contribution in [0.15, 0.2) is 60.7 Å². The van der Waals surface area contributed by atoms with Gasteiger partial charge in [0.1, 0.15) is 0 Å². The molecule has 0 spiro atoms. The van der Waals surface area contributed by atoms with Crippen molar-refractivity contribution < 1.29 is 58.9 Å². The van der Waals surface area contributed by atoms with Gasteiger partial charge in [-0.3, -0.25) is 0 Å². The maximum atomic E-state index is 2.34. The first-order valence-electron chi connectivity index (χ1n) is 9.97. The minimum absolute atomic E-state index is 0. The minimum atomic E-state index is -1.27. The van der Waals surface area contributed by atoms with Crippen LogP contribution in [0.25, 0.3) is 0 Å². The van der Waals surface area contributed by atoms with Crippen LogP contribution in [0.4, 0.5) is 0 Å². The van der Waals surface area contributed by atoms with Crippen LogP contribution in [0.5, 0.6) is 0 Å². The Morgan fingerprint density at radius 3 is 1.63 bits per heavy atom. The molecular weight excluding hydrogens is 483 g/mol. The number of halogens is 3. The van der Waals surface area contributed by atoms with Crippen LogP contribution in [0.1, 0.15) is 47.6 Å². The fourth-order valence-electron chi connectivity index (χ4n) is 4.16. The topological polar surface area (TPSA) is 0 Å². The zero-order chi connectivity index (χ0) is 18.5. The van der Waals surface area contributed by atoms with Crippen molar-refractivity contribution in [2.75, 3.05) is 0 Å². The van der Waals surface area contributed by atoms with Crippen LogP contribution in [0, 0.1) is 20.8 Å². The van der Waals surface area contributed by atoms with E-state index in [4.69, 9.17) is 0 Å². The molecule has 5 heteroatoms. The SMILES string of the molecule is CCCCc1c(C)c(C)c(C)[c-]1C[SiH](c1ccccc1)c1ccccc1.[Cl-].[Cl-].[Cl-].[Ti+4]. The maximum Gasteiger partial charge on any atom is 4.00 e. The molecule has 0 aromatic heterocycles. The molecule has 0 saturated carbocycles. The third-order valence-corrected chi connectivity index (χ3v) is 9.18. The molecule has 0 N–H and O–H groups in total. The fourth-order valence-corrected chi connectivity index (χ4v) is 7.35. The summed E-state index contributed by atoms with van der Waals surface area (Å²) in [6.45, 7) is 9.28. The summed E-state index contributed by atoms with van der Waals surface area (Å²) in [5, 5.41) is 3.10. The molecular formula is C25H31Cl3SiTi. The fraction of sp³-hybridized carbons (Fsp3) is 0.320. The molecule has 0 radical (unpaired) electrons. The molecule has 0 aliphatic rings. The summed E-state index contributed by atoms with van der Waals surface area (Å²) in [6, 6.07) is 23.7. The predicted octanol–water partition coefficient (Wildman–Crippen LogP) is -4.19. The average Bonchev–Trinajstić information content (AvgIpc) is 2.89. The Bertz CT molecular complexity index is 808. The van der Waals surface area contributed by atoms with E-state index in [1.54, 1.807) is 27.1 Å². The van der Waals surface area contributed by atoms with E-state index >= 15 is 0 Å². The molecule has 30 heavy (non-hydrogen) atoms. The molecule has 3 aromatic carbocycles. The molecule has 0 atom stereocenters. The van der Waals surface area contributed by atoms with Crippen molar-refractivity contribution in [3.63, 3.8) is 0 Å². The minimum Gasteiger partial charge on any atom is -1.00 e. The second-order valence-corrected chi connectivity index (χ2v) is 10.4. The number of unbranched alkanes of at least 4 members (excludes halogenated alkanes) is 1. The van der Waals surface area contributed by atoms with Crippen molar-refractivity contribution in [3.8, 4) is 0 Å². The normalized spacial score (nSPS) is 9.77. The Labute approximate surface area is 218 Å². The summed E-state index contributed by atoms with van der Waals surface area (Å²) >= 11 is 0. The summed E-state index contributed by atoms with van der Waals surface area (Å²) < 4.78 is 0. The molecule has 0 heterocycles. The molecule has 0 aliphatic heterocycles. The Morgan fingerprint density at radius 1 is 0.733 bits per heavy atom. The Hall–Kier alpha value is -0.409. The van der Waals surface area contributed by atoms with Crippen LogP contribution in [-0.4, -0.2) is 8.80 Å². The first-order chi connectivity index (χ1) is 12.6. The zero-order valence-electron chi connectivity index (χ0n) is 18.3. The van der Waals surface area contributed by atoms with Gasteiger partial charge in [0.15, 0.2) is 0 Å². The van der Waals surface area contributed by atoms with E-state index in [1.807, 2.05) is 0 Å². The molecule has 3 rings (SSSR count). The summed E-state index contributed by atoms with van der Waals surface area (Å²) in [5.74, 6) is 0. The van der Waals surface area contributed by atoms with Crippen molar-refractivity contribution in [3.05, 3.63) is 88.5 Å². The summed E-state index contributed by atoms with van der Waals surface area (Å²) in [7, 11) is -1.27. The largest absolute Gasteiger partial charge is 4.00 e. The number of hydrogen-bond acceptors (Lipinski definition) is 0. The van der Waals surface area contributed by atoms with Crippen LogP contribution >= 0.6 is 0 Å². The zero-order valence-corrected chi connectivity index (χ0v) is 23.3. The average molecular weight is 514 g/mol. The molecule has 0 amide bonds. The molecule has 0 aliphatic carbocycles. The van der Waals surface area contributed by atoms with Gasteiger partial charge in [-0.25, -0.2) is 0 Å². The summed E-state index contributed by atoms with van der Waals surface area (Å²) in [6.07, 6.45) is 3.79. The molecule has 0 saturated heterocycles. The third-order valence-electron chi connectivity index (χ3n) is 5.99. The van der Waals surface area contributed by atoms with Gasteiger partial charge in [0.25, 0.3) is 0 Å². The van der Waals surface area contributed by atoms with Gasteiger partial charge in [-0.05, 0) is 0 Å². The molecule has 3 aromatic rings. The second-order valence-electron chi connectivity index (χ2n) is 7.51. The smallest absolute Gasteiger partial charge is 1.00 e. The standard InChI is InChI=1S/C25H31Si.3ClH.Ti/c1-5-6-17-24-20(3)19(2)21(4)25(24)18-26(22-13-9-7-10-14-22)23-15-11-8-12-16-23;;;;/h7-16,26H,5-6,17-18H2,1-4H3;3*1H;/q-1;;;;+4/p-3. The van der Waals surface area contributed by atoms with Crippen molar-refractivity contribution in [2.24, 2.45) is 0 Å². The van der Waals surface area contributed by atoms with Crippen LogP contribution in [0.2, 0.25) is 0 Å². The van der Waals surface area contributed by atoms with Crippen molar-refractivity contribution in [2.45, 2.75) is 53.0 Å². The number of hydrogen-bond donors (Lipinski definition) is 0. The van der Waals surface area contributed by atoms with E-state index in [9.17, 15) is 0 Å². The van der Waals surface area contributed by atoms with E-state index in [2.05, 4.69) is 88.4 Å². The van der Waals surface area contributed by atoms with Crippen LogP contribution < -0.4 is 47.6 Å². The quantitative estimate of drug-likeness (QED) is 0.222. The molecule has 0 fully saturated rings. The van der Waals surface area contributed by atoms with Gasteiger partial charge in [0.2, 0.25) is 0 Å². The molecule has 0 nitrogen and oxygen atoms in total. The monoisotopic (exact) mass is 512 g/mol. The summed E-state index contributed by atoms with van der Waals surface area (Å²) in [4.78, 5) is 0. The first-order valence-corrected chi connectivity index (χ1v) is 11.9. The van der Waals surface area contributed by atoms with E-state index in [-0.39, 0.29) is 58.9 Å². The molecule has 0 bridgehead atoms. The van der Waals surface area contributed by atoms with Crippen molar-refractivity contribution >= 4 is 19.2 Å². The van der Waals surface area contributed by atoms with Gasteiger partial charge >= 0.3 is 21.7 Å². The molecule has 160 valence electrons. The van der Waals surface area contributed by atoms with E-state index < -0.39 is 8.80 Å². The van der Waals surface area contributed by atoms with Gasteiger partial charge in [-0.2, -0.15) is 27.8 Å². The number of rotatable bonds is 7. The van der Waals surface area contributed by atoms with Crippen LogP contribution in [-0.2, 0) is 34.2 Å². The van der Waals surface area contributed by atoms with Gasteiger partial charge in [-0.1, -0.05) is 124 Å². The summed E-state index contributed by atoms with van der Waals surface area (Å²) in [5.41, 5.74) is 7.89. The third kappa shape index (κ3) is 7.33. The van der Waals surface area contributed by atoms with Crippen LogP contribution in [0.3, 0.4) is 0 Å². The predicted molar refractivity (Wildman–Crippen MR) is 118 cm³/mol. The van der Waals surface area contributed by atoms with E-state index in [0.717, 1.165) is 0 Å². The van der Waals surface area contributed by atoms with E-state index in [0.29, 0.717) is 0 Å². The van der Waals surface area contributed by atoms with Gasteiger partial charge in [-0.15, -0.1) is 0 Å². The van der Waals surface area contributed by atoms with Gasteiger partial charge < -0.3 is 37.2 Å². The second kappa shape index (κ2) is 15.4.